The molecule has 0 aliphatic rings. The van der Waals surface area contributed by atoms with Gasteiger partial charge >= 0.3 is 0 Å². The fourth-order valence-electron chi connectivity index (χ4n) is 13.8. The zero-order valence-electron chi connectivity index (χ0n) is 52.2. The number of nitrogens with zero attached hydrogens (tertiary/aromatic N) is 10. The summed E-state index contributed by atoms with van der Waals surface area (Å²) in [5, 5.41) is 6.82. The van der Waals surface area contributed by atoms with Crippen molar-refractivity contribution in [3.63, 3.8) is 0 Å². The number of pyridine rings is 1. The summed E-state index contributed by atoms with van der Waals surface area (Å²) < 4.78 is 7.30. The third kappa shape index (κ3) is 9.28. The largest absolute Gasteiger partial charge is 0.307 e. The highest BCUT2D eigenvalue weighted by molar-refractivity contribution is 6.15. The van der Waals surface area contributed by atoms with E-state index < -0.39 is 0 Å². The minimum Gasteiger partial charge on any atom is -0.307 e. The van der Waals surface area contributed by atoms with Crippen molar-refractivity contribution in [1.82, 2.24) is 48.6 Å². The van der Waals surface area contributed by atoms with E-state index in [1.165, 1.54) is 22.3 Å². The van der Waals surface area contributed by atoms with E-state index in [-0.39, 0.29) is 0 Å². The Morgan fingerprint density at radius 1 is 0.247 bits per heavy atom. The average Bonchev–Trinajstić information content (AvgIpc) is 1.64. The molecule has 10 nitrogen and oxygen atoms in total. The summed E-state index contributed by atoms with van der Waals surface area (Å²) in [6, 6.07) is 88.0. The van der Waals surface area contributed by atoms with Crippen LogP contribution in [0.5, 0.6) is 0 Å². The Hall–Kier alpha value is -12.0. The minimum absolute atomic E-state index is 0.427. The van der Waals surface area contributed by atoms with Gasteiger partial charge in [-0.3, -0.25) is 4.57 Å². The van der Waals surface area contributed by atoms with Crippen molar-refractivity contribution in [2.45, 2.75) is 41.5 Å². The lowest BCUT2D eigenvalue weighted by molar-refractivity contribution is 1.01. The molecule has 0 fully saturated rings. The number of rotatable bonds is 10. The van der Waals surface area contributed by atoms with Crippen molar-refractivity contribution in [1.29, 1.82) is 0 Å². The molecule has 0 unspecified atom stereocenters. The van der Waals surface area contributed by atoms with Gasteiger partial charge < -0.3 is 9.13 Å². The predicted molar refractivity (Wildman–Crippen MR) is 380 cm³/mol. The summed E-state index contributed by atoms with van der Waals surface area (Å²) in [5.74, 6) is 3.68. The van der Waals surface area contributed by atoms with E-state index in [9.17, 15) is 0 Å². The Balaban J connectivity index is 1.13. The summed E-state index contributed by atoms with van der Waals surface area (Å²) in [7, 11) is 0. The van der Waals surface area contributed by atoms with Gasteiger partial charge in [-0.1, -0.05) is 209 Å². The Morgan fingerprint density at radius 2 is 0.548 bits per heavy atom. The zero-order chi connectivity index (χ0) is 62.6. The van der Waals surface area contributed by atoms with Gasteiger partial charge in [0.1, 0.15) is 0 Å². The van der Waals surface area contributed by atoms with E-state index in [0.29, 0.717) is 46.1 Å². The van der Waals surface area contributed by atoms with Gasteiger partial charge in [0.25, 0.3) is 0 Å². The number of fused-ring (bicyclic) bond motifs is 9. The molecule has 0 radical (unpaired) electrons. The second-order valence-corrected chi connectivity index (χ2v) is 24.6. The van der Waals surface area contributed by atoms with E-state index in [2.05, 4.69) is 213 Å². The summed E-state index contributed by atoms with van der Waals surface area (Å²) in [6.07, 6.45) is 2.10. The van der Waals surface area contributed by atoms with E-state index in [1.54, 1.807) is 0 Å². The predicted octanol–water partition coefficient (Wildman–Crippen LogP) is 20.3. The van der Waals surface area contributed by atoms with Gasteiger partial charge in [-0.25, -0.2) is 34.9 Å². The highest BCUT2D eigenvalue weighted by Crippen LogP contribution is 2.50. The second kappa shape index (κ2) is 21.9. The van der Waals surface area contributed by atoms with E-state index >= 15 is 0 Å². The van der Waals surface area contributed by atoms with Crippen LogP contribution in [0.1, 0.15) is 33.4 Å². The van der Waals surface area contributed by atoms with Crippen molar-refractivity contribution >= 4 is 65.4 Å². The molecule has 0 N–H and O–H groups in total. The Kier molecular flexibility index (Phi) is 13.0. The van der Waals surface area contributed by atoms with Crippen molar-refractivity contribution < 1.29 is 0 Å². The Labute approximate surface area is 537 Å². The molecule has 0 atom stereocenters. The van der Waals surface area contributed by atoms with Gasteiger partial charge in [0.05, 0.1) is 50.7 Å². The van der Waals surface area contributed by atoms with Crippen molar-refractivity contribution in [3.05, 3.63) is 288 Å². The fraction of sp³-hybridized carbons (Fsp3) is 0.0723. The van der Waals surface area contributed by atoms with Crippen LogP contribution < -0.4 is 0 Å². The van der Waals surface area contributed by atoms with E-state index in [4.69, 9.17) is 34.9 Å². The van der Waals surface area contributed by atoms with Gasteiger partial charge in [0.15, 0.2) is 40.8 Å². The van der Waals surface area contributed by atoms with Gasteiger partial charge in [0, 0.05) is 71.3 Å². The molecule has 17 rings (SSSR count). The van der Waals surface area contributed by atoms with Crippen molar-refractivity contribution in [2.75, 3.05) is 0 Å². The van der Waals surface area contributed by atoms with Crippen molar-refractivity contribution in [2.24, 2.45) is 0 Å². The first kappa shape index (κ1) is 55.1. The van der Waals surface area contributed by atoms with E-state index in [0.717, 1.165) is 127 Å². The van der Waals surface area contributed by atoms with Gasteiger partial charge in [-0.15, -0.1) is 0 Å². The first-order chi connectivity index (χ1) is 45.6. The van der Waals surface area contributed by atoms with Crippen LogP contribution in [0.4, 0.5) is 0 Å². The third-order valence-electron chi connectivity index (χ3n) is 18.1. The summed E-state index contributed by atoms with van der Waals surface area (Å²) >= 11 is 0. The Bertz CT molecular complexity index is 5570. The van der Waals surface area contributed by atoms with Crippen LogP contribution in [-0.2, 0) is 0 Å². The highest BCUT2D eigenvalue weighted by Gasteiger charge is 2.32. The van der Waals surface area contributed by atoms with Gasteiger partial charge in [-0.2, -0.15) is 0 Å². The molecule has 0 aliphatic carbocycles. The maximum atomic E-state index is 5.99. The molecule has 0 bridgehead atoms. The number of aromatic nitrogens is 10. The van der Waals surface area contributed by atoms with Gasteiger partial charge in [0.2, 0.25) is 0 Å². The number of hydrogen-bond acceptors (Lipinski definition) is 7. The molecule has 6 heterocycles. The number of hydrogen-bond donors (Lipinski definition) is 0. The maximum absolute atomic E-state index is 5.99. The molecule has 0 aliphatic heterocycles. The molecular formula is C83H60N10. The zero-order valence-corrected chi connectivity index (χ0v) is 52.2. The molecule has 10 heteroatoms. The second-order valence-electron chi connectivity index (χ2n) is 24.6. The average molecular weight is 1200 g/mol. The molecule has 11 aromatic carbocycles. The minimum atomic E-state index is 0.427. The van der Waals surface area contributed by atoms with Gasteiger partial charge in [-0.05, 0) is 120 Å². The summed E-state index contributed by atoms with van der Waals surface area (Å²) in [5.41, 5.74) is 21.3. The van der Waals surface area contributed by atoms with Crippen LogP contribution in [-0.4, -0.2) is 48.6 Å². The molecule has 93 heavy (non-hydrogen) atoms. The van der Waals surface area contributed by atoms with E-state index in [1.807, 2.05) is 97.1 Å². The summed E-state index contributed by atoms with van der Waals surface area (Å²) in [6.45, 7) is 13.0. The van der Waals surface area contributed by atoms with Crippen LogP contribution in [0.25, 0.3) is 162 Å². The smallest absolute Gasteiger partial charge is 0.165 e. The van der Waals surface area contributed by atoms with Crippen LogP contribution >= 0.6 is 0 Å². The molecule has 442 valence electrons. The SMILES string of the molecule is Cc1ccc2c(c1)c1cc(C)ccc1n2-c1cnc(-n2c3ccc(C)cc3c3cc(C)ccc32)c(-n2c3ccc(C)cc3c3cc(C)ccc32)c1-c1cccc(-c2nc(-c3ccccc3)nc(-c3ccccc3)n2)c1-c1nc(-c2ccccc2)nc(-c2ccccc2)n1. The standard InChI is InChI=1S/C83H60N10/c1-49-30-36-67-61(42-49)62-43-50(2)31-37-68(62)91(67)73-48-84-83(93-71-40-34-53(5)46-65(71)66-47-54(6)35-41-72(66)93)76(92-69-38-32-51(3)44-63(69)64-45-52(4)33-39-70(64)92)75(73)59-28-19-29-60(81-87-77(55-20-11-7-12-21-55)85-78(88-81)56-22-13-8-14-23-56)74(59)82-89-79(57-24-15-9-16-25-57)86-80(90-82)58-26-17-10-18-27-58/h7-48H,1-6H3. The molecule has 6 aromatic heterocycles. The lowest BCUT2D eigenvalue weighted by Crippen LogP contribution is -2.12. The van der Waals surface area contributed by atoms with Crippen molar-refractivity contribution in [3.8, 4) is 96.6 Å². The Morgan fingerprint density at radius 3 is 0.903 bits per heavy atom. The molecule has 0 saturated heterocycles. The fourth-order valence-corrected chi connectivity index (χ4v) is 13.8. The van der Waals surface area contributed by atoms with Crippen LogP contribution in [0.2, 0.25) is 0 Å². The molecule has 0 amide bonds. The quantitative estimate of drug-likeness (QED) is 0.134. The summed E-state index contributed by atoms with van der Waals surface area (Å²) in [4.78, 5) is 39.0. The monoisotopic (exact) mass is 1200 g/mol. The third-order valence-corrected chi connectivity index (χ3v) is 18.1. The lowest BCUT2D eigenvalue weighted by atomic mass is 9.91. The van der Waals surface area contributed by atoms with Crippen LogP contribution in [0.3, 0.4) is 0 Å². The first-order valence-electron chi connectivity index (χ1n) is 31.5. The lowest BCUT2D eigenvalue weighted by Gasteiger charge is -2.25. The molecule has 0 spiro atoms. The molecule has 17 aromatic rings. The maximum Gasteiger partial charge on any atom is 0.165 e. The normalized spacial score (nSPS) is 11.8. The number of benzene rings is 11. The number of aryl methyl sites for hydroxylation is 6. The van der Waals surface area contributed by atoms with Crippen LogP contribution in [0, 0.1) is 41.5 Å². The first-order valence-corrected chi connectivity index (χ1v) is 31.5. The van der Waals surface area contributed by atoms with Crippen LogP contribution in [0.15, 0.2) is 255 Å². The molecular weight excluding hydrogens is 1140 g/mol. The molecule has 0 saturated carbocycles. The topological polar surface area (TPSA) is 105 Å². The highest BCUT2D eigenvalue weighted by atomic mass is 15.1.